The Balaban J connectivity index is 1.28. The standard InChI is InChI=1S/C25H27N3O3S/c29-25(27-24-8-6-20(7-9-24)18-21-10-14-26-15-11-21)23-12-16-28(17-13-23)32(30,31)19-22-4-2-1-3-5-22/h1-11,14-15,23H,12-13,16-19H2,(H,27,29). The highest BCUT2D eigenvalue weighted by Gasteiger charge is 2.31. The van der Waals surface area contributed by atoms with E-state index < -0.39 is 10.0 Å². The molecule has 1 N–H and O–H groups in total. The van der Waals surface area contributed by atoms with Gasteiger partial charge in [0.05, 0.1) is 5.75 Å². The second-order valence-corrected chi connectivity index (χ2v) is 10.1. The summed E-state index contributed by atoms with van der Waals surface area (Å²) >= 11 is 0. The van der Waals surface area contributed by atoms with E-state index in [0.29, 0.717) is 25.9 Å². The maximum atomic E-state index is 12.7. The third-order valence-corrected chi connectivity index (χ3v) is 7.64. The molecule has 2 heterocycles. The van der Waals surface area contributed by atoms with Crippen LogP contribution in [0.25, 0.3) is 0 Å². The Hall–Kier alpha value is -3.03. The van der Waals surface area contributed by atoms with Crippen LogP contribution in [-0.2, 0) is 27.0 Å². The molecular weight excluding hydrogens is 422 g/mol. The number of nitrogens with one attached hydrogen (secondary N) is 1. The van der Waals surface area contributed by atoms with Gasteiger partial charge in [0.1, 0.15) is 0 Å². The summed E-state index contributed by atoms with van der Waals surface area (Å²) in [5, 5.41) is 2.98. The predicted molar refractivity (Wildman–Crippen MR) is 125 cm³/mol. The molecule has 1 aromatic heterocycles. The van der Waals surface area contributed by atoms with E-state index in [-0.39, 0.29) is 17.6 Å². The van der Waals surface area contributed by atoms with Crippen LogP contribution in [0.1, 0.15) is 29.5 Å². The summed E-state index contributed by atoms with van der Waals surface area (Å²) < 4.78 is 26.9. The van der Waals surface area contributed by atoms with Gasteiger partial charge in [0.2, 0.25) is 15.9 Å². The Morgan fingerprint density at radius 1 is 0.875 bits per heavy atom. The van der Waals surface area contributed by atoms with E-state index in [1.807, 2.05) is 66.7 Å². The third kappa shape index (κ3) is 5.81. The molecule has 0 bridgehead atoms. The molecule has 0 unspecified atom stereocenters. The highest BCUT2D eigenvalue weighted by molar-refractivity contribution is 7.88. The number of carbonyl (C=O) groups excluding carboxylic acids is 1. The lowest BCUT2D eigenvalue weighted by atomic mass is 9.97. The van der Waals surface area contributed by atoms with E-state index in [0.717, 1.165) is 23.2 Å². The summed E-state index contributed by atoms with van der Waals surface area (Å²) in [6, 6.07) is 21.0. The van der Waals surface area contributed by atoms with Crippen molar-refractivity contribution < 1.29 is 13.2 Å². The van der Waals surface area contributed by atoms with Crippen molar-refractivity contribution in [2.75, 3.05) is 18.4 Å². The minimum absolute atomic E-state index is 0.00343. The maximum absolute atomic E-state index is 12.7. The van der Waals surface area contributed by atoms with E-state index in [1.165, 1.54) is 9.87 Å². The number of anilines is 1. The molecule has 1 aliphatic rings. The summed E-state index contributed by atoms with van der Waals surface area (Å²) in [5.74, 6) is -0.238. The lowest BCUT2D eigenvalue weighted by molar-refractivity contribution is -0.120. The first-order valence-corrected chi connectivity index (χ1v) is 12.4. The van der Waals surface area contributed by atoms with E-state index in [9.17, 15) is 13.2 Å². The smallest absolute Gasteiger partial charge is 0.227 e. The normalized spacial score (nSPS) is 15.4. The van der Waals surface area contributed by atoms with Gasteiger partial charge in [0.15, 0.2) is 0 Å². The zero-order valence-electron chi connectivity index (χ0n) is 17.9. The van der Waals surface area contributed by atoms with E-state index in [4.69, 9.17) is 0 Å². The van der Waals surface area contributed by atoms with Gasteiger partial charge < -0.3 is 5.32 Å². The molecule has 1 aliphatic heterocycles. The number of carbonyl (C=O) groups is 1. The van der Waals surface area contributed by atoms with Gasteiger partial charge in [-0.25, -0.2) is 12.7 Å². The van der Waals surface area contributed by atoms with Crippen LogP contribution in [0.5, 0.6) is 0 Å². The number of nitrogens with zero attached hydrogens (tertiary/aromatic N) is 2. The van der Waals surface area contributed by atoms with Crippen LogP contribution in [0.4, 0.5) is 5.69 Å². The molecular formula is C25H27N3O3S. The fourth-order valence-electron chi connectivity index (χ4n) is 3.96. The lowest BCUT2D eigenvalue weighted by Gasteiger charge is -2.30. The van der Waals surface area contributed by atoms with Crippen LogP contribution in [0.15, 0.2) is 79.1 Å². The van der Waals surface area contributed by atoms with Crippen LogP contribution < -0.4 is 5.32 Å². The van der Waals surface area contributed by atoms with Crippen molar-refractivity contribution in [3.05, 3.63) is 95.8 Å². The molecule has 0 spiro atoms. The van der Waals surface area contributed by atoms with Crippen LogP contribution in [-0.4, -0.2) is 36.7 Å². The summed E-state index contributed by atoms with van der Waals surface area (Å²) in [5.41, 5.74) is 3.88. The zero-order chi connectivity index (χ0) is 22.4. The van der Waals surface area contributed by atoms with E-state index in [1.54, 1.807) is 12.4 Å². The fourth-order valence-corrected chi connectivity index (χ4v) is 5.52. The van der Waals surface area contributed by atoms with Gasteiger partial charge in [-0.05, 0) is 60.2 Å². The molecule has 2 aromatic carbocycles. The first-order valence-electron chi connectivity index (χ1n) is 10.8. The van der Waals surface area contributed by atoms with Crippen LogP contribution >= 0.6 is 0 Å². The van der Waals surface area contributed by atoms with Crippen molar-refractivity contribution in [1.82, 2.24) is 9.29 Å². The first kappa shape index (κ1) is 22.2. The number of hydrogen-bond donors (Lipinski definition) is 1. The number of pyridine rings is 1. The fraction of sp³-hybridized carbons (Fsp3) is 0.280. The minimum atomic E-state index is -3.38. The molecule has 0 aliphatic carbocycles. The van der Waals surface area contributed by atoms with Crippen LogP contribution in [0.2, 0.25) is 0 Å². The Labute approximate surface area is 189 Å². The number of aromatic nitrogens is 1. The van der Waals surface area contributed by atoms with E-state index >= 15 is 0 Å². The molecule has 166 valence electrons. The van der Waals surface area contributed by atoms with Crippen molar-refractivity contribution in [3.63, 3.8) is 0 Å². The summed E-state index contributed by atoms with van der Waals surface area (Å²) in [6.45, 7) is 0.746. The number of amides is 1. The highest BCUT2D eigenvalue weighted by Crippen LogP contribution is 2.23. The van der Waals surface area contributed by atoms with Gasteiger partial charge >= 0.3 is 0 Å². The molecule has 6 nitrogen and oxygen atoms in total. The maximum Gasteiger partial charge on any atom is 0.227 e. The lowest BCUT2D eigenvalue weighted by Crippen LogP contribution is -2.41. The minimum Gasteiger partial charge on any atom is -0.326 e. The number of hydrogen-bond acceptors (Lipinski definition) is 4. The first-order chi connectivity index (χ1) is 15.5. The second-order valence-electron chi connectivity index (χ2n) is 8.13. The molecule has 32 heavy (non-hydrogen) atoms. The second kappa shape index (κ2) is 10.1. The molecule has 4 rings (SSSR count). The molecule has 3 aromatic rings. The average molecular weight is 450 g/mol. The van der Waals surface area contributed by atoms with Gasteiger partial charge in [-0.3, -0.25) is 9.78 Å². The van der Waals surface area contributed by atoms with Gasteiger partial charge in [-0.15, -0.1) is 0 Å². The van der Waals surface area contributed by atoms with Crippen molar-refractivity contribution >= 4 is 21.6 Å². The largest absolute Gasteiger partial charge is 0.326 e. The third-order valence-electron chi connectivity index (χ3n) is 5.79. The molecule has 1 saturated heterocycles. The number of sulfonamides is 1. The van der Waals surface area contributed by atoms with Crippen LogP contribution in [0, 0.1) is 5.92 Å². The number of benzene rings is 2. The van der Waals surface area contributed by atoms with Gasteiger partial charge in [0.25, 0.3) is 0 Å². The monoisotopic (exact) mass is 449 g/mol. The summed E-state index contributed by atoms with van der Waals surface area (Å²) in [4.78, 5) is 16.7. The topological polar surface area (TPSA) is 79.4 Å². The zero-order valence-corrected chi connectivity index (χ0v) is 18.7. The number of rotatable bonds is 7. The van der Waals surface area contributed by atoms with Crippen molar-refractivity contribution in [3.8, 4) is 0 Å². The number of piperidine rings is 1. The quantitative estimate of drug-likeness (QED) is 0.594. The van der Waals surface area contributed by atoms with Gasteiger partial charge in [-0.1, -0.05) is 42.5 Å². The molecule has 0 saturated carbocycles. The van der Waals surface area contributed by atoms with Crippen molar-refractivity contribution in [1.29, 1.82) is 0 Å². The van der Waals surface area contributed by atoms with Crippen molar-refractivity contribution in [2.24, 2.45) is 5.92 Å². The SMILES string of the molecule is O=C(Nc1ccc(Cc2ccncc2)cc1)C1CCN(S(=O)(=O)Cc2ccccc2)CC1. The van der Waals surface area contributed by atoms with E-state index in [2.05, 4.69) is 10.3 Å². The van der Waals surface area contributed by atoms with Gasteiger partial charge in [0, 0.05) is 37.1 Å². The average Bonchev–Trinajstić information content (AvgIpc) is 2.81. The highest BCUT2D eigenvalue weighted by atomic mass is 32.2. The van der Waals surface area contributed by atoms with Crippen LogP contribution in [0.3, 0.4) is 0 Å². The van der Waals surface area contributed by atoms with Crippen molar-refractivity contribution in [2.45, 2.75) is 25.0 Å². The molecule has 0 atom stereocenters. The Kier molecular flexibility index (Phi) is 6.97. The Morgan fingerprint density at radius 2 is 1.50 bits per heavy atom. The Morgan fingerprint density at radius 3 is 2.16 bits per heavy atom. The molecule has 0 radical (unpaired) electrons. The molecule has 1 amide bonds. The molecule has 7 heteroatoms. The summed E-state index contributed by atoms with van der Waals surface area (Å²) in [7, 11) is -3.38. The predicted octanol–water partition coefficient (Wildman–Crippen LogP) is 3.85. The van der Waals surface area contributed by atoms with Gasteiger partial charge in [-0.2, -0.15) is 0 Å². The summed E-state index contributed by atoms with van der Waals surface area (Å²) in [6.07, 6.45) is 5.43. The molecule has 1 fully saturated rings. The Bertz CT molecular complexity index is 1130.